The van der Waals surface area contributed by atoms with Crippen molar-refractivity contribution in [1.82, 2.24) is 25.9 Å². The molecule has 5 N–H and O–H groups in total. The lowest BCUT2D eigenvalue weighted by molar-refractivity contribution is -0.140. The number of aryl methyl sites for hydroxylation is 2. The summed E-state index contributed by atoms with van der Waals surface area (Å²) in [6.07, 6.45) is 6.76. The first-order chi connectivity index (χ1) is 35.8. The third kappa shape index (κ3) is 15.3. The standard InChI is InChI=1S/C29H39N3O5.C28H39N5O4/c1-20(23-8-11-26(35-2)27(17-23)36-3)30-29(34)25-18-24(10-7-22(25)9-12-28(33)37-4)32-15-13-31(14-16-32)19-21-5-6-21;1-19(22-7-10-25(36-2)26(16-22)37-3)30-28(35)24-17-23(9-6-21(24)8-11-27(34)31-29)33-14-12-32(13-15-33)18-20-4-5-20/h7-8,10-11,17-18,20-21H,5-6,9,12-16,19H2,1-4H3,(H,30,34);6-7,9-10,16-17,19-20H,4-5,8,11-15,18,29H2,1-3H3,(H,30,35)(H,31,34). The molecule has 17 nitrogen and oxygen atoms in total. The van der Waals surface area contributed by atoms with E-state index in [1.54, 1.807) is 28.4 Å². The Kier molecular flexibility index (Phi) is 19.8. The lowest BCUT2D eigenvalue weighted by Crippen LogP contribution is -2.47. The van der Waals surface area contributed by atoms with Crippen molar-refractivity contribution in [3.63, 3.8) is 0 Å². The van der Waals surface area contributed by atoms with Gasteiger partial charge < -0.3 is 44.1 Å². The molecule has 400 valence electrons. The van der Waals surface area contributed by atoms with Crippen molar-refractivity contribution in [2.24, 2.45) is 17.7 Å². The molecule has 2 saturated heterocycles. The molecule has 2 aliphatic heterocycles. The molecule has 3 amide bonds. The van der Waals surface area contributed by atoms with E-state index in [-0.39, 0.29) is 48.6 Å². The van der Waals surface area contributed by atoms with Crippen LogP contribution in [0.25, 0.3) is 0 Å². The van der Waals surface area contributed by atoms with Gasteiger partial charge in [-0.05, 0) is 135 Å². The quantitative estimate of drug-likeness (QED) is 0.0290. The van der Waals surface area contributed by atoms with Crippen LogP contribution in [0.5, 0.6) is 23.0 Å². The Bertz CT molecular complexity index is 2360. The number of hydrogen-bond acceptors (Lipinski definition) is 14. The molecule has 2 unspecified atom stereocenters. The summed E-state index contributed by atoms with van der Waals surface area (Å²) >= 11 is 0. The van der Waals surface area contributed by atoms with Crippen molar-refractivity contribution >= 4 is 35.1 Å². The van der Waals surface area contributed by atoms with E-state index in [1.165, 1.54) is 45.9 Å². The number of esters is 1. The number of rotatable bonds is 22. The lowest BCUT2D eigenvalue weighted by atomic mass is 9.99. The number of hydrazine groups is 1. The molecule has 0 radical (unpaired) electrons. The number of hydrogen-bond donors (Lipinski definition) is 4. The van der Waals surface area contributed by atoms with Crippen LogP contribution < -0.4 is 50.6 Å². The van der Waals surface area contributed by atoms with Gasteiger partial charge in [-0.15, -0.1) is 0 Å². The predicted molar refractivity (Wildman–Crippen MR) is 287 cm³/mol. The maximum Gasteiger partial charge on any atom is 0.305 e. The number of nitrogens with one attached hydrogen (secondary N) is 3. The van der Waals surface area contributed by atoms with Crippen molar-refractivity contribution in [2.75, 3.05) is 111 Å². The Hall–Kier alpha value is -6.56. The van der Waals surface area contributed by atoms with Crippen LogP contribution in [0.2, 0.25) is 0 Å². The summed E-state index contributed by atoms with van der Waals surface area (Å²) in [4.78, 5) is 60.5. The minimum atomic E-state index is -0.291. The molecule has 2 aliphatic carbocycles. The Balaban J connectivity index is 0.000000216. The van der Waals surface area contributed by atoms with Crippen molar-refractivity contribution in [2.45, 2.75) is 77.3 Å². The first kappa shape index (κ1) is 55.2. The number of anilines is 2. The van der Waals surface area contributed by atoms with E-state index in [4.69, 9.17) is 29.5 Å². The number of benzene rings is 4. The Morgan fingerprint density at radius 2 is 0.946 bits per heavy atom. The zero-order valence-corrected chi connectivity index (χ0v) is 44.5. The minimum Gasteiger partial charge on any atom is -0.493 e. The number of ether oxygens (including phenoxy) is 5. The largest absolute Gasteiger partial charge is 0.493 e. The van der Waals surface area contributed by atoms with Crippen molar-refractivity contribution in [3.05, 3.63) is 106 Å². The number of nitrogens with zero attached hydrogens (tertiary/aromatic N) is 4. The zero-order chi connectivity index (χ0) is 52.7. The molecule has 2 heterocycles. The summed E-state index contributed by atoms with van der Waals surface area (Å²) in [5.41, 5.74) is 8.86. The highest BCUT2D eigenvalue weighted by Crippen LogP contribution is 2.34. The van der Waals surface area contributed by atoms with Crippen LogP contribution in [-0.4, -0.2) is 134 Å². The van der Waals surface area contributed by atoms with E-state index >= 15 is 0 Å². The van der Waals surface area contributed by atoms with Crippen LogP contribution in [0.4, 0.5) is 11.4 Å². The second kappa shape index (κ2) is 26.6. The number of carbonyl (C=O) groups is 4. The Morgan fingerprint density at radius 3 is 1.31 bits per heavy atom. The van der Waals surface area contributed by atoms with Crippen LogP contribution in [0.1, 0.15) is 107 Å². The highest BCUT2D eigenvalue weighted by atomic mass is 16.5. The fourth-order valence-electron chi connectivity index (χ4n) is 9.71. The maximum absolute atomic E-state index is 13.5. The van der Waals surface area contributed by atoms with Crippen LogP contribution in [0, 0.1) is 11.8 Å². The van der Waals surface area contributed by atoms with Gasteiger partial charge in [-0.1, -0.05) is 24.3 Å². The molecule has 0 aromatic heterocycles. The fraction of sp³-hybridized carbons (Fsp3) is 0.509. The summed E-state index contributed by atoms with van der Waals surface area (Å²) in [7, 11) is 7.75. The van der Waals surface area contributed by atoms with E-state index in [0.29, 0.717) is 47.0 Å². The van der Waals surface area contributed by atoms with Crippen LogP contribution >= 0.6 is 0 Å². The molecule has 4 aromatic rings. The lowest BCUT2D eigenvalue weighted by Gasteiger charge is -2.36. The van der Waals surface area contributed by atoms with Crippen molar-refractivity contribution < 1.29 is 42.9 Å². The normalized spacial score (nSPS) is 16.7. The Labute approximate surface area is 437 Å². The Morgan fingerprint density at radius 1 is 0.541 bits per heavy atom. The molecular weight excluding hydrogens is 941 g/mol. The average Bonchev–Trinajstić information content (AvgIpc) is 4.40. The molecule has 2 atom stereocenters. The van der Waals surface area contributed by atoms with Crippen LogP contribution in [0.15, 0.2) is 72.8 Å². The molecule has 8 rings (SSSR count). The average molecular weight is 1020 g/mol. The molecule has 2 saturated carbocycles. The smallest absolute Gasteiger partial charge is 0.305 e. The molecule has 4 aromatic carbocycles. The summed E-state index contributed by atoms with van der Waals surface area (Å²) < 4.78 is 26.3. The number of amides is 3. The van der Waals surface area contributed by atoms with E-state index in [1.807, 2.05) is 74.5 Å². The van der Waals surface area contributed by atoms with Gasteiger partial charge in [0.2, 0.25) is 5.91 Å². The number of carbonyl (C=O) groups excluding carboxylic acids is 4. The molecule has 74 heavy (non-hydrogen) atoms. The second-order valence-corrected chi connectivity index (χ2v) is 19.9. The van der Waals surface area contributed by atoms with Crippen molar-refractivity contribution in [3.8, 4) is 23.0 Å². The second-order valence-electron chi connectivity index (χ2n) is 19.9. The monoisotopic (exact) mass is 1020 g/mol. The van der Waals surface area contributed by atoms with Gasteiger partial charge in [0.15, 0.2) is 23.0 Å². The molecular formula is C57H78N8O9. The van der Waals surface area contributed by atoms with Gasteiger partial charge in [-0.2, -0.15) is 0 Å². The van der Waals surface area contributed by atoms with Gasteiger partial charge in [0.1, 0.15) is 0 Å². The maximum atomic E-state index is 13.5. The molecule has 17 heteroatoms. The number of nitrogens with two attached hydrogens (primary N) is 1. The molecule has 0 bridgehead atoms. The molecule has 4 fully saturated rings. The molecule has 0 spiro atoms. The van der Waals surface area contributed by atoms with Gasteiger partial charge in [-0.3, -0.25) is 34.4 Å². The van der Waals surface area contributed by atoms with E-state index in [9.17, 15) is 19.2 Å². The van der Waals surface area contributed by atoms with Crippen molar-refractivity contribution in [1.29, 1.82) is 0 Å². The molecule has 4 aliphatic rings. The summed E-state index contributed by atoms with van der Waals surface area (Å²) in [5.74, 6) is 8.64. The van der Waals surface area contributed by atoms with Gasteiger partial charge >= 0.3 is 5.97 Å². The van der Waals surface area contributed by atoms with Gasteiger partial charge in [-0.25, -0.2) is 5.84 Å². The summed E-state index contributed by atoms with van der Waals surface area (Å²) in [6, 6.07) is 22.7. The predicted octanol–water partition coefficient (Wildman–Crippen LogP) is 6.48. The van der Waals surface area contributed by atoms with Gasteiger partial charge in [0.05, 0.1) is 47.6 Å². The number of methoxy groups -OCH3 is 5. The van der Waals surface area contributed by atoms with Gasteiger partial charge in [0, 0.05) is 101 Å². The third-order valence-corrected chi connectivity index (χ3v) is 14.7. The SMILES string of the molecule is COC(=O)CCc1ccc(N2CCN(CC3CC3)CC2)cc1C(=O)NC(C)c1ccc(OC)c(OC)c1.COc1ccc(C(C)NC(=O)c2cc(N3CCN(CC4CC4)CC3)ccc2CCC(=O)NN)cc1OC. The van der Waals surface area contributed by atoms with Crippen LogP contribution in [-0.2, 0) is 27.2 Å². The van der Waals surface area contributed by atoms with Crippen LogP contribution in [0.3, 0.4) is 0 Å². The van der Waals surface area contributed by atoms with E-state index < -0.39 is 0 Å². The minimum absolute atomic E-state index is 0.170. The summed E-state index contributed by atoms with van der Waals surface area (Å²) in [5, 5.41) is 6.25. The fourth-order valence-corrected chi connectivity index (χ4v) is 9.71. The number of piperazine rings is 2. The topological polar surface area (TPSA) is 190 Å². The first-order valence-corrected chi connectivity index (χ1v) is 26.2. The van der Waals surface area contributed by atoms with Gasteiger partial charge in [0.25, 0.3) is 11.8 Å². The highest BCUT2D eigenvalue weighted by Gasteiger charge is 2.29. The first-order valence-electron chi connectivity index (χ1n) is 26.2. The third-order valence-electron chi connectivity index (χ3n) is 14.7. The summed E-state index contributed by atoms with van der Waals surface area (Å²) in [6.45, 7) is 14.2. The van der Waals surface area contributed by atoms with E-state index in [0.717, 1.165) is 97.8 Å². The highest BCUT2D eigenvalue weighted by molar-refractivity contribution is 5.98. The van der Waals surface area contributed by atoms with E-state index in [2.05, 4.69) is 47.8 Å². The zero-order valence-electron chi connectivity index (χ0n) is 44.5.